The van der Waals surface area contributed by atoms with Crippen molar-refractivity contribution in [3.8, 4) is 0 Å². The highest BCUT2D eigenvalue weighted by molar-refractivity contribution is 6.10. The van der Waals surface area contributed by atoms with Gasteiger partial charge in [0.2, 0.25) is 0 Å². The number of hydrogen-bond donors (Lipinski definition) is 3. The van der Waals surface area contributed by atoms with Crippen LogP contribution >= 0.6 is 0 Å². The van der Waals surface area contributed by atoms with Crippen molar-refractivity contribution < 1.29 is 0 Å². The molecule has 0 saturated heterocycles. The number of nitrogens with zero attached hydrogens (tertiary/aromatic N) is 1. The van der Waals surface area contributed by atoms with Crippen molar-refractivity contribution in [2.45, 2.75) is 59.3 Å². The van der Waals surface area contributed by atoms with Gasteiger partial charge in [0.05, 0.1) is 16.8 Å². The molecule has 0 aliphatic carbocycles. The highest BCUT2D eigenvalue weighted by Gasteiger charge is 2.41. The van der Waals surface area contributed by atoms with Gasteiger partial charge < -0.3 is 15.0 Å². The lowest BCUT2D eigenvalue weighted by Crippen LogP contribution is -2.36. The van der Waals surface area contributed by atoms with Gasteiger partial charge in [0.15, 0.2) is 0 Å². The highest BCUT2D eigenvalue weighted by Crippen LogP contribution is 2.43. The lowest BCUT2D eigenvalue weighted by atomic mass is 9.70. The van der Waals surface area contributed by atoms with E-state index < -0.39 is 5.41 Å². The summed E-state index contributed by atoms with van der Waals surface area (Å²) in [6, 6.07) is 48.7. The topological polar surface area (TPSA) is 59.7 Å². The third kappa shape index (κ3) is 6.06. The fourth-order valence-electron chi connectivity index (χ4n) is 8.84. The molecule has 1 atom stereocenters. The van der Waals surface area contributed by atoms with E-state index >= 15 is 0 Å². The number of allylic oxidation sites excluding steroid dienone is 2. The Morgan fingerprint density at radius 3 is 1.80 bits per heavy atom. The number of unbranched alkanes of at least 4 members (excludes halogenated alkanes) is 1. The molecule has 2 aliphatic heterocycles. The molecule has 5 heterocycles. The molecule has 0 fully saturated rings. The van der Waals surface area contributed by atoms with Crippen LogP contribution < -0.4 is 10.7 Å². The Balaban J connectivity index is 1.45. The van der Waals surface area contributed by atoms with Crippen LogP contribution in [0.25, 0.3) is 16.7 Å². The minimum atomic E-state index is -0.513. The number of benzene rings is 4. The minimum absolute atomic E-state index is 0.513. The average Bonchev–Trinajstić information content (AvgIpc) is 4.06. The van der Waals surface area contributed by atoms with E-state index in [4.69, 9.17) is 4.99 Å². The van der Waals surface area contributed by atoms with Gasteiger partial charge in [-0.15, -0.1) is 0 Å². The molecular weight excluding hydrogens is 681 g/mol. The van der Waals surface area contributed by atoms with E-state index in [0.717, 1.165) is 86.4 Å². The molecule has 0 saturated carbocycles. The van der Waals surface area contributed by atoms with E-state index in [-0.39, 0.29) is 0 Å². The molecule has 9 rings (SSSR count). The van der Waals surface area contributed by atoms with Gasteiger partial charge in [-0.05, 0) is 116 Å². The molecule has 4 heteroatoms. The predicted octanol–water partition coefficient (Wildman–Crippen LogP) is 10.7. The highest BCUT2D eigenvalue weighted by atomic mass is 14.9. The maximum atomic E-state index is 5.71. The Morgan fingerprint density at radius 1 is 0.536 bits per heavy atom. The van der Waals surface area contributed by atoms with E-state index in [9.17, 15) is 0 Å². The van der Waals surface area contributed by atoms with Crippen molar-refractivity contribution in [3.05, 3.63) is 229 Å². The molecule has 1 unspecified atom stereocenters. The molecule has 3 N–H and O–H groups in total. The van der Waals surface area contributed by atoms with E-state index in [2.05, 4.69) is 195 Å². The fourth-order valence-corrected chi connectivity index (χ4v) is 8.84. The SMILES string of the molecule is CCCCC1(c2ccccc2)C2=N/C(=C(/c3cc(C)ccc3C)c3ccc([nH]3)/C(c3ccccc3)=c3/cc/c([nH]3)=C(\c3cc(C)ccc3C)c3ccc1[nH]3)C=C2. The Morgan fingerprint density at radius 2 is 1.12 bits per heavy atom. The predicted molar refractivity (Wildman–Crippen MR) is 232 cm³/mol. The molecular formula is C52H48N4. The summed E-state index contributed by atoms with van der Waals surface area (Å²) in [4.78, 5) is 17.7. The molecule has 56 heavy (non-hydrogen) atoms. The van der Waals surface area contributed by atoms with Gasteiger partial charge in [0, 0.05) is 50.2 Å². The van der Waals surface area contributed by atoms with E-state index in [1.165, 1.54) is 38.9 Å². The van der Waals surface area contributed by atoms with Crippen molar-refractivity contribution in [3.63, 3.8) is 0 Å². The summed E-state index contributed by atoms with van der Waals surface area (Å²) in [6.07, 6.45) is 7.55. The first-order valence-corrected chi connectivity index (χ1v) is 19.9. The number of hydrogen-bond acceptors (Lipinski definition) is 1. The largest absolute Gasteiger partial charge is 0.357 e. The van der Waals surface area contributed by atoms with Gasteiger partial charge in [-0.25, -0.2) is 0 Å². The molecule has 0 radical (unpaired) electrons. The van der Waals surface area contributed by atoms with Crippen LogP contribution in [-0.2, 0) is 5.41 Å². The number of fused-ring (bicyclic) bond motifs is 7. The summed E-state index contributed by atoms with van der Waals surface area (Å²) in [6.45, 7) is 11.0. The van der Waals surface area contributed by atoms with Gasteiger partial charge >= 0.3 is 0 Å². The maximum absolute atomic E-state index is 5.71. The van der Waals surface area contributed by atoms with Gasteiger partial charge in [0.1, 0.15) is 0 Å². The van der Waals surface area contributed by atoms with Gasteiger partial charge in [0.25, 0.3) is 0 Å². The summed E-state index contributed by atoms with van der Waals surface area (Å²) in [7, 11) is 0. The number of aliphatic imine (C=N–C) groups is 1. The van der Waals surface area contributed by atoms with Crippen LogP contribution in [0.15, 0.2) is 156 Å². The first-order chi connectivity index (χ1) is 27.3. The second kappa shape index (κ2) is 14.4. The Bertz CT molecular complexity index is 2820. The smallest absolute Gasteiger partial charge is 0.0774 e. The standard InChI is InChI=1S/C52H48N4/c1-6-7-30-52(38-16-12-9-13-17-38)47-28-26-45(55-47)50(39-31-33(2)18-20-35(39)4)43-24-22-41(53-43)49(37-14-10-8-11-15-37)42-23-25-44(54-42)51(46-27-29-48(52)56-46)40-32-34(3)19-21-36(40)5/h8-29,31-32,53-55H,6-7,30H2,1-5H3/b49-41-,50-43-,51-46-. The van der Waals surface area contributed by atoms with E-state index in [0.29, 0.717) is 0 Å². The van der Waals surface area contributed by atoms with Crippen LogP contribution in [-0.4, -0.2) is 20.7 Å². The summed E-state index contributed by atoms with van der Waals surface area (Å²) in [5.41, 5.74) is 18.8. The average molecular weight is 729 g/mol. The zero-order chi connectivity index (χ0) is 38.4. The first-order valence-electron chi connectivity index (χ1n) is 19.9. The van der Waals surface area contributed by atoms with Crippen molar-refractivity contribution in [2.75, 3.05) is 0 Å². The normalized spacial score (nSPS) is 19.7. The summed E-state index contributed by atoms with van der Waals surface area (Å²) in [5.74, 6) is 0. The number of H-pyrrole nitrogens is 3. The van der Waals surface area contributed by atoms with Crippen molar-refractivity contribution in [1.82, 2.24) is 15.0 Å². The molecule has 4 nitrogen and oxygen atoms in total. The monoisotopic (exact) mass is 728 g/mol. The minimum Gasteiger partial charge on any atom is -0.357 e. The first kappa shape index (κ1) is 35.3. The summed E-state index contributed by atoms with van der Waals surface area (Å²) in [5, 5.41) is 2.11. The second-order valence-electron chi connectivity index (χ2n) is 15.6. The van der Waals surface area contributed by atoms with Crippen molar-refractivity contribution >= 4 is 22.4 Å². The maximum Gasteiger partial charge on any atom is 0.0774 e. The zero-order valence-electron chi connectivity index (χ0n) is 32.9. The molecule has 276 valence electrons. The molecule has 0 spiro atoms. The van der Waals surface area contributed by atoms with Crippen LogP contribution in [0.2, 0.25) is 0 Å². The molecule has 8 bridgehead atoms. The van der Waals surface area contributed by atoms with Crippen molar-refractivity contribution in [2.24, 2.45) is 4.99 Å². The Hall–Kier alpha value is -6.39. The zero-order valence-corrected chi connectivity index (χ0v) is 32.9. The fraction of sp³-hybridized carbons (Fsp3) is 0.173. The second-order valence-corrected chi connectivity index (χ2v) is 15.6. The van der Waals surface area contributed by atoms with Crippen LogP contribution in [0.4, 0.5) is 0 Å². The van der Waals surface area contributed by atoms with Crippen LogP contribution in [0.1, 0.15) is 93.5 Å². The summed E-state index contributed by atoms with van der Waals surface area (Å²) >= 11 is 0. The molecule has 4 aromatic carbocycles. The third-order valence-electron chi connectivity index (χ3n) is 11.8. The van der Waals surface area contributed by atoms with Gasteiger partial charge in [-0.1, -0.05) is 128 Å². The Kier molecular flexibility index (Phi) is 9.05. The summed E-state index contributed by atoms with van der Waals surface area (Å²) < 4.78 is 0. The number of aromatic nitrogens is 3. The van der Waals surface area contributed by atoms with E-state index in [1.807, 2.05) is 0 Å². The van der Waals surface area contributed by atoms with Gasteiger partial charge in [-0.3, -0.25) is 4.99 Å². The number of rotatable bonds is 7. The van der Waals surface area contributed by atoms with E-state index in [1.54, 1.807) is 0 Å². The number of aryl methyl sites for hydroxylation is 4. The van der Waals surface area contributed by atoms with Crippen LogP contribution in [0, 0.1) is 27.7 Å². The van der Waals surface area contributed by atoms with Crippen LogP contribution in [0.5, 0.6) is 0 Å². The lowest BCUT2D eigenvalue weighted by Gasteiger charge is -2.34. The third-order valence-corrected chi connectivity index (χ3v) is 11.8. The Labute approximate surface area is 329 Å². The molecule has 7 aromatic rings. The van der Waals surface area contributed by atoms with Crippen LogP contribution in [0.3, 0.4) is 0 Å². The quantitative estimate of drug-likeness (QED) is 0.146. The lowest BCUT2D eigenvalue weighted by molar-refractivity contribution is 0.564. The van der Waals surface area contributed by atoms with Crippen molar-refractivity contribution in [1.29, 1.82) is 0 Å². The number of nitrogens with one attached hydrogen (secondary N) is 3. The van der Waals surface area contributed by atoms with Gasteiger partial charge in [-0.2, -0.15) is 0 Å². The molecule has 0 amide bonds. The molecule has 3 aromatic heterocycles. The molecule has 2 aliphatic rings. The number of aromatic amines is 3.